The third kappa shape index (κ3) is 5.14. The predicted octanol–water partition coefficient (Wildman–Crippen LogP) is 3.40. The molecule has 0 spiro atoms. The summed E-state index contributed by atoms with van der Waals surface area (Å²) < 4.78 is 15.8. The minimum Gasteiger partial charge on any atom is -0.497 e. The van der Waals surface area contributed by atoms with E-state index in [-0.39, 0.29) is 5.91 Å². The van der Waals surface area contributed by atoms with Crippen molar-refractivity contribution in [3.63, 3.8) is 0 Å². The zero-order valence-corrected chi connectivity index (χ0v) is 17.7. The number of methoxy groups -OCH3 is 2. The molecule has 0 aliphatic heterocycles. The van der Waals surface area contributed by atoms with Gasteiger partial charge in [-0.05, 0) is 44.5 Å². The average molecular weight is 410 g/mol. The van der Waals surface area contributed by atoms with Gasteiger partial charge in [0.2, 0.25) is 17.6 Å². The molecule has 0 unspecified atom stereocenters. The summed E-state index contributed by atoms with van der Waals surface area (Å²) >= 11 is 0. The molecule has 0 bridgehead atoms. The second kappa shape index (κ2) is 9.87. The number of nitrogens with one attached hydrogen (secondary N) is 1. The van der Waals surface area contributed by atoms with E-state index < -0.39 is 0 Å². The fourth-order valence-corrected chi connectivity index (χ4v) is 3.13. The van der Waals surface area contributed by atoms with Gasteiger partial charge in [0.15, 0.2) is 0 Å². The molecular weight excluding hydrogens is 384 g/mol. The van der Waals surface area contributed by atoms with Crippen LogP contribution in [0.1, 0.15) is 35.6 Å². The number of ether oxygens (including phenoxy) is 2. The molecule has 158 valence electrons. The van der Waals surface area contributed by atoms with Gasteiger partial charge in [0.1, 0.15) is 11.5 Å². The summed E-state index contributed by atoms with van der Waals surface area (Å²) in [5.74, 6) is 2.55. The molecule has 30 heavy (non-hydrogen) atoms. The van der Waals surface area contributed by atoms with E-state index in [0.717, 1.165) is 33.9 Å². The number of pyridine rings is 1. The van der Waals surface area contributed by atoms with Gasteiger partial charge in [-0.25, -0.2) is 0 Å². The number of amides is 1. The van der Waals surface area contributed by atoms with Crippen LogP contribution in [-0.4, -0.2) is 35.3 Å². The van der Waals surface area contributed by atoms with Crippen LogP contribution < -0.4 is 14.8 Å². The van der Waals surface area contributed by atoms with Gasteiger partial charge in [-0.1, -0.05) is 5.16 Å². The van der Waals surface area contributed by atoms with Crippen molar-refractivity contribution in [3.05, 3.63) is 53.2 Å². The minimum atomic E-state index is -0.0503. The standard InChI is InChI=1S/C22H26N4O4/c1-14-12-23-18(15(2)21(14)29-4)13-24-19(27)6-5-7-20-25-22(26-30-20)16-8-10-17(28-3)11-9-16/h8-12H,5-7,13H2,1-4H3,(H,24,27). The van der Waals surface area contributed by atoms with Crippen LogP contribution in [0, 0.1) is 13.8 Å². The average Bonchev–Trinajstić information content (AvgIpc) is 3.22. The van der Waals surface area contributed by atoms with Crippen molar-refractivity contribution in [2.75, 3.05) is 14.2 Å². The first-order chi connectivity index (χ1) is 14.5. The first-order valence-corrected chi connectivity index (χ1v) is 9.74. The fourth-order valence-electron chi connectivity index (χ4n) is 3.13. The van der Waals surface area contributed by atoms with Crippen LogP contribution in [0.25, 0.3) is 11.4 Å². The third-order valence-electron chi connectivity index (χ3n) is 4.81. The van der Waals surface area contributed by atoms with E-state index in [4.69, 9.17) is 14.0 Å². The molecule has 3 rings (SSSR count). The van der Waals surface area contributed by atoms with Crippen LogP contribution in [0.4, 0.5) is 0 Å². The van der Waals surface area contributed by atoms with E-state index in [1.165, 1.54) is 0 Å². The van der Waals surface area contributed by atoms with E-state index >= 15 is 0 Å². The molecule has 0 atom stereocenters. The fraction of sp³-hybridized carbons (Fsp3) is 0.364. The molecule has 0 radical (unpaired) electrons. The van der Waals surface area contributed by atoms with Crippen molar-refractivity contribution in [2.24, 2.45) is 0 Å². The highest BCUT2D eigenvalue weighted by Gasteiger charge is 2.12. The monoisotopic (exact) mass is 410 g/mol. The Morgan fingerprint density at radius 3 is 2.60 bits per heavy atom. The number of nitrogens with zero attached hydrogens (tertiary/aromatic N) is 3. The number of hydrogen-bond acceptors (Lipinski definition) is 7. The summed E-state index contributed by atoms with van der Waals surface area (Å²) in [4.78, 5) is 21.0. The van der Waals surface area contributed by atoms with Gasteiger partial charge in [-0.15, -0.1) is 0 Å². The van der Waals surface area contributed by atoms with Crippen molar-refractivity contribution in [2.45, 2.75) is 39.7 Å². The van der Waals surface area contributed by atoms with Crippen LogP contribution in [-0.2, 0) is 17.8 Å². The molecule has 3 aromatic rings. The molecule has 8 heteroatoms. The number of aryl methyl sites for hydroxylation is 2. The van der Waals surface area contributed by atoms with E-state index in [0.29, 0.717) is 37.5 Å². The summed E-state index contributed by atoms with van der Waals surface area (Å²) in [6.45, 7) is 4.25. The summed E-state index contributed by atoms with van der Waals surface area (Å²) in [5.41, 5.74) is 3.56. The Morgan fingerprint density at radius 2 is 1.90 bits per heavy atom. The summed E-state index contributed by atoms with van der Waals surface area (Å²) in [6.07, 6.45) is 3.26. The van der Waals surface area contributed by atoms with Gasteiger partial charge < -0.3 is 19.3 Å². The number of benzene rings is 1. The molecule has 0 fully saturated rings. The lowest BCUT2D eigenvalue weighted by atomic mass is 10.1. The van der Waals surface area contributed by atoms with Gasteiger partial charge in [0.25, 0.3) is 0 Å². The van der Waals surface area contributed by atoms with Crippen LogP contribution in [0.3, 0.4) is 0 Å². The van der Waals surface area contributed by atoms with Crippen LogP contribution in [0.2, 0.25) is 0 Å². The molecule has 2 aromatic heterocycles. The summed E-state index contributed by atoms with van der Waals surface area (Å²) in [5, 5.41) is 6.90. The highest BCUT2D eigenvalue weighted by Crippen LogP contribution is 2.24. The van der Waals surface area contributed by atoms with Crippen molar-refractivity contribution in [3.8, 4) is 22.9 Å². The molecule has 0 saturated heterocycles. The topological polar surface area (TPSA) is 99.4 Å². The second-order valence-corrected chi connectivity index (χ2v) is 6.92. The summed E-state index contributed by atoms with van der Waals surface area (Å²) in [6, 6.07) is 7.43. The zero-order valence-electron chi connectivity index (χ0n) is 17.7. The lowest BCUT2D eigenvalue weighted by Gasteiger charge is -2.12. The quantitative estimate of drug-likeness (QED) is 0.577. The Hall–Kier alpha value is -3.42. The molecule has 0 aliphatic rings. The SMILES string of the molecule is COc1ccc(-c2noc(CCCC(=O)NCc3ncc(C)c(OC)c3C)n2)cc1. The van der Waals surface area contributed by atoms with Gasteiger partial charge >= 0.3 is 0 Å². The Bertz CT molecular complexity index is 999. The zero-order chi connectivity index (χ0) is 21.5. The Morgan fingerprint density at radius 1 is 1.13 bits per heavy atom. The number of rotatable bonds is 9. The Labute approximate surface area is 175 Å². The van der Waals surface area contributed by atoms with E-state index in [1.807, 2.05) is 38.1 Å². The third-order valence-corrected chi connectivity index (χ3v) is 4.81. The molecule has 2 heterocycles. The van der Waals surface area contributed by atoms with Gasteiger partial charge in [-0.3, -0.25) is 9.78 Å². The number of aromatic nitrogens is 3. The number of hydrogen-bond donors (Lipinski definition) is 1. The maximum Gasteiger partial charge on any atom is 0.226 e. The van der Waals surface area contributed by atoms with Crippen molar-refractivity contribution < 1.29 is 18.8 Å². The minimum absolute atomic E-state index is 0.0503. The molecular formula is C22H26N4O4. The first-order valence-electron chi connectivity index (χ1n) is 9.74. The van der Waals surface area contributed by atoms with E-state index in [2.05, 4.69) is 20.4 Å². The van der Waals surface area contributed by atoms with Crippen molar-refractivity contribution in [1.82, 2.24) is 20.4 Å². The Balaban J connectivity index is 1.46. The molecule has 0 aliphatic carbocycles. The first kappa shape index (κ1) is 21.3. The predicted molar refractivity (Wildman–Crippen MR) is 111 cm³/mol. The smallest absolute Gasteiger partial charge is 0.226 e. The van der Waals surface area contributed by atoms with Gasteiger partial charge in [0, 0.05) is 35.7 Å². The highest BCUT2D eigenvalue weighted by atomic mass is 16.5. The maximum atomic E-state index is 12.2. The van der Waals surface area contributed by atoms with Gasteiger partial charge in [0.05, 0.1) is 26.5 Å². The Kier molecular flexibility index (Phi) is 7.00. The van der Waals surface area contributed by atoms with Crippen molar-refractivity contribution >= 4 is 5.91 Å². The van der Waals surface area contributed by atoms with Crippen molar-refractivity contribution in [1.29, 1.82) is 0 Å². The molecule has 1 N–H and O–H groups in total. The summed E-state index contributed by atoms with van der Waals surface area (Å²) in [7, 11) is 3.25. The lowest BCUT2D eigenvalue weighted by Crippen LogP contribution is -2.23. The van der Waals surface area contributed by atoms with Crippen LogP contribution >= 0.6 is 0 Å². The molecule has 1 aromatic carbocycles. The normalized spacial score (nSPS) is 10.7. The van der Waals surface area contributed by atoms with E-state index in [1.54, 1.807) is 20.4 Å². The highest BCUT2D eigenvalue weighted by molar-refractivity contribution is 5.75. The largest absolute Gasteiger partial charge is 0.497 e. The second-order valence-electron chi connectivity index (χ2n) is 6.92. The lowest BCUT2D eigenvalue weighted by molar-refractivity contribution is -0.121. The number of carbonyl (C=O) groups excluding carboxylic acids is 1. The van der Waals surface area contributed by atoms with Gasteiger partial charge in [-0.2, -0.15) is 4.98 Å². The molecule has 0 saturated carbocycles. The molecule has 8 nitrogen and oxygen atoms in total. The van der Waals surface area contributed by atoms with E-state index in [9.17, 15) is 4.79 Å². The van der Waals surface area contributed by atoms with Crippen LogP contribution in [0.5, 0.6) is 11.5 Å². The number of carbonyl (C=O) groups is 1. The van der Waals surface area contributed by atoms with Crippen LogP contribution in [0.15, 0.2) is 35.0 Å². The molecule has 1 amide bonds. The maximum absolute atomic E-state index is 12.2.